The quantitative estimate of drug-likeness (QED) is 0.163. The number of nitrogens with zero attached hydrogens (tertiary/aromatic N) is 2. The number of hydrogen-bond acceptors (Lipinski definition) is 2. The van der Waals surface area contributed by atoms with Crippen molar-refractivity contribution in [3.8, 4) is 39.1 Å². The van der Waals surface area contributed by atoms with Gasteiger partial charge in [0, 0.05) is 44.3 Å². The van der Waals surface area contributed by atoms with Crippen LogP contribution >= 0.6 is 0 Å². The second-order valence-corrected chi connectivity index (χ2v) is 14.6. The van der Waals surface area contributed by atoms with Crippen LogP contribution in [0.15, 0.2) is 223 Å². The summed E-state index contributed by atoms with van der Waals surface area (Å²) in [6, 6.07) is 78.2. The zero-order valence-electron chi connectivity index (χ0n) is 31.1. The Kier molecular flexibility index (Phi) is 7.82. The third kappa shape index (κ3) is 5.76. The van der Waals surface area contributed by atoms with E-state index in [-0.39, 0.29) is 0 Å². The van der Waals surface area contributed by atoms with E-state index in [4.69, 9.17) is 4.42 Å². The van der Waals surface area contributed by atoms with Crippen molar-refractivity contribution in [3.05, 3.63) is 218 Å². The van der Waals surface area contributed by atoms with Gasteiger partial charge in [-0.3, -0.25) is 0 Å². The molecular formula is C54H36N2O. The summed E-state index contributed by atoms with van der Waals surface area (Å²) in [4.78, 5) is 2.34. The zero-order chi connectivity index (χ0) is 37.7. The normalized spacial score (nSPS) is 11.5. The molecule has 2 heterocycles. The van der Waals surface area contributed by atoms with Crippen LogP contribution in [-0.4, -0.2) is 4.57 Å². The maximum Gasteiger partial charge on any atom is 0.136 e. The van der Waals surface area contributed by atoms with Gasteiger partial charge in [0.1, 0.15) is 11.2 Å². The maximum atomic E-state index is 6.23. The average Bonchev–Trinajstić information content (AvgIpc) is 3.83. The van der Waals surface area contributed by atoms with Gasteiger partial charge in [-0.15, -0.1) is 0 Å². The van der Waals surface area contributed by atoms with E-state index in [1.165, 1.54) is 38.5 Å². The number of furan rings is 1. The molecule has 0 aliphatic carbocycles. The predicted molar refractivity (Wildman–Crippen MR) is 239 cm³/mol. The van der Waals surface area contributed by atoms with Crippen molar-refractivity contribution < 1.29 is 4.42 Å². The van der Waals surface area contributed by atoms with Crippen LogP contribution in [0, 0.1) is 0 Å². The summed E-state index contributed by atoms with van der Waals surface area (Å²) in [7, 11) is 0. The molecule has 3 nitrogen and oxygen atoms in total. The summed E-state index contributed by atoms with van der Waals surface area (Å²) in [5.74, 6) is 0. The topological polar surface area (TPSA) is 21.3 Å². The number of fused-ring (bicyclic) bond motifs is 6. The van der Waals surface area contributed by atoms with Crippen molar-refractivity contribution >= 4 is 60.8 Å². The Morgan fingerprint density at radius 2 is 0.789 bits per heavy atom. The number of para-hydroxylation sites is 3. The molecule has 11 aromatic rings. The van der Waals surface area contributed by atoms with E-state index in [1.54, 1.807) is 0 Å². The first-order valence-corrected chi connectivity index (χ1v) is 19.4. The first-order chi connectivity index (χ1) is 28.2. The Morgan fingerprint density at radius 1 is 0.298 bits per heavy atom. The highest BCUT2D eigenvalue weighted by atomic mass is 16.3. The Morgan fingerprint density at radius 3 is 1.47 bits per heavy atom. The fourth-order valence-corrected chi connectivity index (χ4v) is 8.44. The van der Waals surface area contributed by atoms with Crippen LogP contribution in [0.4, 0.5) is 17.1 Å². The largest absolute Gasteiger partial charge is 0.456 e. The van der Waals surface area contributed by atoms with E-state index in [0.29, 0.717) is 0 Å². The lowest BCUT2D eigenvalue weighted by Gasteiger charge is -2.26. The summed E-state index contributed by atoms with van der Waals surface area (Å²) in [6.45, 7) is 0. The lowest BCUT2D eigenvalue weighted by atomic mass is 10.0. The molecule has 0 saturated carbocycles. The van der Waals surface area contributed by atoms with Crippen molar-refractivity contribution in [2.75, 3.05) is 4.90 Å². The highest BCUT2D eigenvalue weighted by Crippen LogP contribution is 2.40. The van der Waals surface area contributed by atoms with Crippen molar-refractivity contribution in [3.63, 3.8) is 0 Å². The van der Waals surface area contributed by atoms with Crippen LogP contribution in [0.3, 0.4) is 0 Å². The van der Waals surface area contributed by atoms with E-state index >= 15 is 0 Å². The number of hydrogen-bond donors (Lipinski definition) is 0. The summed E-state index contributed by atoms with van der Waals surface area (Å²) < 4.78 is 8.61. The van der Waals surface area contributed by atoms with E-state index in [9.17, 15) is 0 Å². The number of aromatic nitrogens is 1. The molecule has 0 unspecified atom stereocenters. The number of anilines is 3. The Bertz CT molecular complexity index is 3170. The van der Waals surface area contributed by atoms with Gasteiger partial charge in [-0.2, -0.15) is 0 Å². The third-order valence-corrected chi connectivity index (χ3v) is 11.2. The second kappa shape index (κ2) is 13.6. The summed E-state index contributed by atoms with van der Waals surface area (Å²) in [5.41, 5.74) is 15.6. The van der Waals surface area contributed by atoms with E-state index < -0.39 is 0 Å². The maximum absolute atomic E-state index is 6.23. The molecule has 0 spiro atoms. The zero-order valence-corrected chi connectivity index (χ0v) is 31.1. The summed E-state index contributed by atoms with van der Waals surface area (Å²) in [6.07, 6.45) is 0. The minimum absolute atomic E-state index is 0.901. The van der Waals surface area contributed by atoms with Crippen molar-refractivity contribution in [2.24, 2.45) is 0 Å². The monoisotopic (exact) mass is 728 g/mol. The standard InChI is InChI=1S/C54H36N2O/c1-2-12-37(13-3-1)40-14-10-16-45(34-40)55(44-31-26-39(27-32-44)42-28-33-50-49-20-6-9-23-53(49)57-54(50)36-42)43-29-24-38(25-30-43)41-15-11-17-46(35-41)56-51-21-7-4-18-47(51)48-19-5-8-22-52(48)56/h1-36H. The lowest BCUT2D eigenvalue weighted by Crippen LogP contribution is -2.10. The molecule has 0 aliphatic rings. The molecule has 2 aromatic heterocycles. The van der Waals surface area contributed by atoms with Crippen LogP contribution in [0.2, 0.25) is 0 Å². The van der Waals surface area contributed by atoms with Gasteiger partial charge >= 0.3 is 0 Å². The molecular weight excluding hydrogens is 693 g/mol. The first kappa shape index (κ1) is 32.8. The van der Waals surface area contributed by atoms with Crippen LogP contribution < -0.4 is 4.90 Å². The summed E-state index contributed by atoms with van der Waals surface area (Å²) >= 11 is 0. The Hall–Kier alpha value is -7.62. The fraction of sp³-hybridized carbons (Fsp3) is 0. The molecule has 3 heteroatoms. The SMILES string of the molecule is c1ccc(-c2cccc(N(c3ccc(-c4cccc(-n5c6ccccc6c6ccccc65)c4)cc3)c3ccc(-c4ccc5c(c4)oc4ccccc45)cc3)c2)cc1. The minimum atomic E-state index is 0.901. The van der Waals surface area contributed by atoms with Gasteiger partial charge in [0.15, 0.2) is 0 Å². The smallest absolute Gasteiger partial charge is 0.136 e. The molecule has 0 atom stereocenters. The molecule has 0 bridgehead atoms. The van der Waals surface area contributed by atoms with Crippen molar-refractivity contribution in [1.29, 1.82) is 0 Å². The van der Waals surface area contributed by atoms with E-state index in [2.05, 4.69) is 216 Å². The van der Waals surface area contributed by atoms with Crippen LogP contribution in [0.25, 0.3) is 82.8 Å². The molecule has 57 heavy (non-hydrogen) atoms. The van der Waals surface area contributed by atoms with Gasteiger partial charge in [-0.1, -0.05) is 140 Å². The van der Waals surface area contributed by atoms with Gasteiger partial charge in [0.25, 0.3) is 0 Å². The highest BCUT2D eigenvalue weighted by molar-refractivity contribution is 6.09. The van der Waals surface area contributed by atoms with Gasteiger partial charge < -0.3 is 13.9 Å². The molecule has 0 radical (unpaired) electrons. The van der Waals surface area contributed by atoms with E-state index in [0.717, 1.165) is 61.4 Å². The second-order valence-electron chi connectivity index (χ2n) is 14.6. The van der Waals surface area contributed by atoms with Crippen LogP contribution in [-0.2, 0) is 0 Å². The molecule has 0 aliphatic heterocycles. The Balaban J connectivity index is 0.972. The lowest BCUT2D eigenvalue weighted by molar-refractivity contribution is 0.669. The Labute approximate surface area is 330 Å². The minimum Gasteiger partial charge on any atom is -0.456 e. The molecule has 0 fully saturated rings. The average molecular weight is 729 g/mol. The van der Waals surface area contributed by atoms with Crippen molar-refractivity contribution in [2.45, 2.75) is 0 Å². The molecule has 9 aromatic carbocycles. The fourth-order valence-electron chi connectivity index (χ4n) is 8.44. The van der Waals surface area contributed by atoms with Gasteiger partial charge in [-0.05, 0) is 112 Å². The van der Waals surface area contributed by atoms with Gasteiger partial charge in [0.05, 0.1) is 11.0 Å². The molecule has 11 rings (SSSR count). The third-order valence-electron chi connectivity index (χ3n) is 11.2. The van der Waals surface area contributed by atoms with E-state index in [1.807, 2.05) is 12.1 Å². The molecule has 0 saturated heterocycles. The number of rotatable bonds is 7. The number of benzene rings is 9. The van der Waals surface area contributed by atoms with Crippen LogP contribution in [0.1, 0.15) is 0 Å². The van der Waals surface area contributed by atoms with Gasteiger partial charge in [0.2, 0.25) is 0 Å². The molecule has 0 N–H and O–H groups in total. The summed E-state index contributed by atoms with van der Waals surface area (Å²) in [5, 5.41) is 4.81. The highest BCUT2D eigenvalue weighted by Gasteiger charge is 2.16. The first-order valence-electron chi connectivity index (χ1n) is 19.4. The predicted octanol–water partition coefficient (Wildman–Crippen LogP) is 15.2. The van der Waals surface area contributed by atoms with Crippen LogP contribution in [0.5, 0.6) is 0 Å². The molecule has 0 amide bonds. The van der Waals surface area contributed by atoms with Gasteiger partial charge in [-0.25, -0.2) is 0 Å². The van der Waals surface area contributed by atoms with Crippen molar-refractivity contribution in [1.82, 2.24) is 4.57 Å². The molecule has 268 valence electrons.